The van der Waals surface area contributed by atoms with Gasteiger partial charge >= 0.3 is 6.18 Å². The summed E-state index contributed by atoms with van der Waals surface area (Å²) in [7, 11) is 0. The van der Waals surface area contributed by atoms with Crippen molar-refractivity contribution in [3.05, 3.63) is 33.8 Å². The Kier molecular flexibility index (Phi) is 7.13. The van der Waals surface area contributed by atoms with Crippen LogP contribution >= 0.6 is 23.2 Å². The average molecular weight is 328 g/mol. The zero-order valence-electron chi connectivity index (χ0n) is 11.2. The molecule has 6 heteroatoms. The molecule has 1 atom stereocenters. The lowest BCUT2D eigenvalue weighted by Crippen LogP contribution is -2.31. The second-order valence-corrected chi connectivity index (χ2v) is 5.53. The van der Waals surface area contributed by atoms with Crippen LogP contribution in [0.25, 0.3) is 0 Å². The third-order valence-corrected chi connectivity index (χ3v) is 3.71. The lowest BCUT2D eigenvalue weighted by Gasteiger charge is -2.18. The van der Waals surface area contributed by atoms with Gasteiger partial charge in [-0.15, -0.1) is 0 Å². The highest BCUT2D eigenvalue weighted by Gasteiger charge is 2.26. The summed E-state index contributed by atoms with van der Waals surface area (Å²) >= 11 is 11.8. The Labute approximate surface area is 127 Å². The Hall–Kier alpha value is -0.450. The topological polar surface area (TPSA) is 12.0 Å². The maximum atomic E-state index is 12.2. The molecule has 0 aliphatic carbocycles. The summed E-state index contributed by atoms with van der Waals surface area (Å²) < 4.78 is 36.5. The van der Waals surface area contributed by atoms with Gasteiger partial charge in [0, 0.05) is 12.5 Å². The van der Waals surface area contributed by atoms with Crippen molar-refractivity contribution >= 4 is 23.2 Å². The first kappa shape index (κ1) is 17.6. The van der Waals surface area contributed by atoms with Crippen molar-refractivity contribution in [3.8, 4) is 0 Å². The Morgan fingerprint density at radius 1 is 1.20 bits per heavy atom. The largest absolute Gasteiger partial charge is 0.389 e. The molecule has 114 valence electrons. The van der Waals surface area contributed by atoms with E-state index in [2.05, 4.69) is 5.32 Å². The molecule has 1 aromatic carbocycles. The van der Waals surface area contributed by atoms with Gasteiger partial charge < -0.3 is 5.32 Å². The molecular weight excluding hydrogens is 310 g/mol. The molecular formula is C14H18Cl2F3N. The molecule has 0 fully saturated rings. The number of alkyl halides is 3. The van der Waals surface area contributed by atoms with Crippen LogP contribution in [0.1, 0.15) is 31.7 Å². The molecule has 20 heavy (non-hydrogen) atoms. The first-order valence-corrected chi connectivity index (χ1v) is 7.31. The minimum absolute atomic E-state index is 0.0135. The number of nitrogens with one attached hydrogen (secondary N) is 1. The van der Waals surface area contributed by atoms with Crippen LogP contribution in [0.15, 0.2) is 18.2 Å². The van der Waals surface area contributed by atoms with E-state index >= 15 is 0 Å². The number of rotatable bonds is 7. The molecule has 0 saturated carbocycles. The number of benzene rings is 1. The third-order valence-electron chi connectivity index (χ3n) is 2.97. The molecule has 0 heterocycles. The van der Waals surface area contributed by atoms with Crippen molar-refractivity contribution < 1.29 is 13.2 Å². The van der Waals surface area contributed by atoms with Gasteiger partial charge in [0.15, 0.2) is 0 Å². The summed E-state index contributed by atoms with van der Waals surface area (Å²) in [6.07, 6.45) is -3.57. The minimum atomic E-state index is -4.08. The van der Waals surface area contributed by atoms with Crippen molar-refractivity contribution in [1.82, 2.24) is 5.32 Å². The minimum Gasteiger partial charge on any atom is -0.314 e. The first-order valence-electron chi connectivity index (χ1n) is 6.56. The highest BCUT2D eigenvalue weighted by Crippen LogP contribution is 2.25. The van der Waals surface area contributed by atoms with Crippen molar-refractivity contribution in [1.29, 1.82) is 0 Å². The van der Waals surface area contributed by atoms with Crippen LogP contribution in [0.4, 0.5) is 13.2 Å². The molecule has 1 rings (SSSR count). The number of likely N-dealkylation sites (N-methyl/N-ethyl adjacent to an activating group) is 1. The van der Waals surface area contributed by atoms with Crippen LogP contribution in [0.3, 0.4) is 0 Å². The highest BCUT2D eigenvalue weighted by molar-refractivity contribution is 6.42. The molecule has 0 saturated heterocycles. The predicted octanol–water partition coefficient (Wildman–Crippen LogP) is 5.25. The molecule has 1 aromatic rings. The second-order valence-electron chi connectivity index (χ2n) is 4.71. The quantitative estimate of drug-likeness (QED) is 0.721. The van der Waals surface area contributed by atoms with E-state index in [-0.39, 0.29) is 12.5 Å². The van der Waals surface area contributed by atoms with Gasteiger partial charge in [-0.1, -0.05) is 36.2 Å². The van der Waals surface area contributed by atoms with Crippen LogP contribution in [0, 0.1) is 0 Å². The molecule has 1 unspecified atom stereocenters. The van der Waals surface area contributed by atoms with E-state index in [9.17, 15) is 13.2 Å². The van der Waals surface area contributed by atoms with Gasteiger partial charge in [-0.3, -0.25) is 0 Å². The van der Waals surface area contributed by atoms with Gasteiger partial charge in [0.25, 0.3) is 0 Å². The summed E-state index contributed by atoms with van der Waals surface area (Å²) in [6.45, 7) is 2.66. The Morgan fingerprint density at radius 2 is 1.90 bits per heavy atom. The lowest BCUT2D eigenvalue weighted by atomic mass is 10.0. The van der Waals surface area contributed by atoms with E-state index in [1.807, 2.05) is 13.0 Å². The van der Waals surface area contributed by atoms with Crippen molar-refractivity contribution in [2.24, 2.45) is 0 Å². The fourth-order valence-electron chi connectivity index (χ4n) is 2.06. The van der Waals surface area contributed by atoms with Crippen molar-refractivity contribution in [2.75, 3.05) is 6.54 Å². The van der Waals surface area contributed by atoms with Crippen LogP contribution in [-0.4, -0.2) is 18.8 Å². The molecule has 1 nitrogen and oxygen atoms in total. The standard InChI is InChI=1S/C14H18Cl2F3N/c1-2-20-11(4-3-7-14(17,18)19)8-10-5-6-12(15)13(16)9-10/h5-6,9,11,20H,2-4,7-8H2,1H3. The zero-order chi connectivity index (χ0) is 15.2. The van der Waals surface area contributed by atoms with Gasteiger partial charge in [0.05, 0.1) is 10.0 Å². The monoisotopic (exact) mass is 327 g/mol. The molecule has 0 aliphatic heterocycles. The molecule has 0 aromatic heterocycles. The summed E-state index contributed by atoms with van der Waals surface area (Å²) in [5.41, 5.74) is 0.970. The van der Waals surface area contributed by atoms with E-state index < -0.39 is 12.6 Å². The Bertz CT molecular complexity index is 421. The van der Waals surface area contributed by atoms with E-state index in [0.717, 1.165) is 12.1 Å². The normalized spacial score (nSPS) is 13.5. The SMILES string of the molecule is CCNC(CCCC(F)(F)F)Cc1ccc(Cl)c(Cl)c1. The molecule has 0 amide bonds. The van der Waals surface area contributed by atoms with Crippen molar-refractivity contribution in [3.63, 3.8) is 0 Å². The van der Waals surface area contributed by atoms with Crippen LogP contribution in [-0.2, 0) is 6.42 Å². The third kappa shape index (κ3) is 6.82. The molecule has 0 radical (unpaired) electrons. The highest BCUT2D eigenvalue weighted by atomic mass is 35.5. The number of hydrogen-bond acceptors (Lipinski definition) is 1. The van der Waals surface area contributed by atoms with E-state index in [4.69, 9.17) is 23.2 Å². The average Bonchev–Trinajstić information content (AvgIpc) is 2.32. The van der Waals surface area contributed by atoms with Gasteiger partial charge in [-0.25, -0.2) is 0 Å². The Balaban J connectivity index is 2.55. The summed E-state index contributed by atoms with van der Waals surface area (Å²) in [5, 5.41) is 4.15. The van der Waals surface area contributed by atoms with Crippen molar-refractivity contribution in [2.45, 2.75) is 44.8 Å². The van der Waals surface area contributed by atoms with Gasteiger partial charge in [-0.2, -0.15) is 13.2 Å². The maximum Gasteiger partial charge on any atom is 0.389 e. The number of halogens is 5. The smallest absolute Gasteiger partial charge is 0.314 e. The van der Waals surface area contributed by atoms with E-state index in [0.29, 0.717) is 22.9 Å². The number of hydrogen-bond donors (Lipinski definition) is 1. The lowest BCUT2D eigenvalue weighted by molar-refractivity contribution is -0.135. The Morgan fingerprint density at radius 3 is 2.45 bits per heavy atom. The fraction of sp³-hybridized carbons (Fsp3) is 0.571. The predicted molar refractivity (Wildman–Crippen MR) is 77.5 cm³/mol. The van der Waals surface area contributed by atoms with Gasteiger partial charge in [-0.05, 0) is 43.5 Å². The van der Waals surface area contributed by atoms with Crippen LogP contribution in [0.5, 0.6) is 0 Å². The van der Waals surface area contributed by atoms with Crippen LogP contribution in [0.2, 0.25) is 10.0 Å². The van der Waals surface area contributed by atoms with Gasteiger partial charge in [0.2, 0.25) is 0 Å². The first-order chi connectivity index (χ1) is 9.31. The van der Waals surface area contributed by atoms with Gasteiger partial charge in [0.1, 0.15) is 0 Å². The summed E-state index contributed by atoms with van der Waals surface area (Å²) in [5.74, 6) is 0. The molecule has 0 bridgehead atoms. The molecule has 0 spiro atoms. The summed E-state index contributed by atoms with van der Waals surface area (Å²) in [4.78, 5) is 0. The summed E-state index contributed by atoms with van der Waals surface area (Å²) in [6, 6.07) is 5.33. The van der Waals surface area contributed by atoms with Crippen LogP contribution < -0.4 is 5.32 Å². The zero-order valence-corrected chi connectivity index (χ0v) is 12.7. The molecule has 1 N–H and O–H groups in total. The van der Waals surface area contributed by atoms with E-state index in [1.54, 1.807) is 12.1 Å². The van der Waals surface area contributed by atoms with E-state index in [1.165, 1.54) is 0 Å². The fourth-order valence-corrected chi connectivity index (χ4v) is 2.39. The second kappa shape index (κ2) is 8.11. The maximum absolute atomic E-state index is 12.2. The molecule has 0 aliphatic rings.